The summed E-state index contributed by atoms with van der Waals surface area (Å²) in [5.41, 5.74) is 2.73. The maximum absolute atomic E-state index is 14.7. The molecule has 0 saturated carbocycles. The lowest BCUT2D eigenvalue weighted by Gasteiger charge is -2.28. The van der Waals surface area contributed by atoms with Gasteiger partial charge in [0, 0.05) is 26.2 Å². The van der Waals surface area contributed by atoms with Gasteiger partial charge >= 0.3 is 13.9 Å². The molecule has 0 bridgehead atoms. The van der Waals surface area contributed by atoms with Gasteiger partial charge in [-0.3, -0.25) is 9.05 Å². The van der Waals surface area contributed by atoms with Gasteiger partial charge in [0.25, 0.3) is 0 Å². The minimum absolute atomic E-state index is 0.00830. The Balaban J connectivity index is 1.43. The first-order valence-corrected chi connectivity index (χ1v) is 15.1. The minimum Gasteiger partial charge on any atom is -0.404 e. The van der Waals surface area contributed by atoms with Crippen LogP contribution in [0.25, 0.3) is 5.57 Å². The summed E-state index contributed by atoms with van der Waals surface area (Å²) in [7, 11) is -0.911. The van der Waals surface area contributed by atoms with Crippen molar-refractivity contribution in [2.24, 2.45) is 0 Å². The van der Waals surface area contributed by atoms with Crippen LogP contribution in [0.2, 0.25) is 0 Å². The van der Waals surface area contributed by atoms with Crippen LogP contribution < -0.4 is 4.52 Å². The zero-order chi connectivity index (χ0) is 30.4. The zero-order valence-corrected chi connectivity index (χ0v) is 24.6. The van der Waals surface area contributed by atoms with Crippen LogP contribution in [0.15, 0.2) is 109 Å². The summed E-state index contributed by atoms with van der Waals surface area (Å²) in [4.78, 5) is 16.1. The first-order valence-electron chi connectivity index (χ1n) is 13.6. The number of carbonyl (C=O) groups excluding carboxylic acids is 1. The molecule has 4 aromatic rings. The Morgan fingerprint density at radius 2 is 1.49 bits per heavy atom. The van der Waals surface area contributed by atoms with Gasteiger partial charge in [-0.1, -0.05) is 78.9 Å². The van der Waals surface area contributed by atoms with Gasteiger partial charge in [0.05, 0.1) is 19.3 Å². The Kier molecular flexibility index (Phi) is 9.36. The summed E-state index contributed by atoms with van der Waals surface area (Å²) >= 11 is 0. The van der Waals surface area contributed by atoms with Crippen molar-refractivity contribution < 1.29 is 31.7 Å². The number of benzene rings is 4. The molecule has 10 heteroatoms. The minimum atomic E-state index is -4.14. The number of phosphoric acid groups is 1. The molecule has 0 spiro atoms. The second-order valence-corrected chi connectivity index (χ2v) is 11.8. The molecule has 43 heavy (non-hydrogen) atoms. The number of urea groups is 1. The Labute approximate surface area is 249 Å². The third-order valence-corrected chi connectivity index (χ3v) is 8.14. The van der Waals surface area contributed by atoms with Crippen molar-refractivity contribution in [2.45, 2.75) is 19.3 Å². The van der Waals surface area contributed by atoms with Crippen molar-refractivity contribution in [2.75, 3.05) is 20.6 Å². The average Bonchev–Trinajstić information content (AvgIpc) is 3.46. The number of hydrogen-bond acceptors (Lipinski definition) is 5. The van der Waals surface area contributed by atoms with E-state index in [1.54, 1.807) is 44.4 Å². The van der Waals surface area contributed by atoms with Crippen molar-refractivity contribution in [1.82, 2.24) is 9.80 Å². The van der Waals surface area contributed by atoms with E-state index in [4.69, 9.17) is 13.6 Å². The molecule has 1 atom stereocenters. The summed E-state index contributed by atoms with van der Waals surface area (Å²) in [6.07, 6.45) is 1.72. The largest absolute Gasteiger partial charge is 0.530 e. The van der Waals surface area contributed by atoms with Gasteiger partial charge in [-0.2, -0.15) is 0 Å². The fourth-order valence-corrected chi connectivity index (χ4v) is 5.85. The standard InChI is InChI=1S/C33H31F2N2O5P/c1-36(2)33(38)37-21-27(30-20-28(34)16-17-31(30)35)19-32(37)26-14-9-15-29(18-26)42-43(39,40-22-24-10-5-3-6-11-24)41-23-25-12-7-4-8-13-25/h3-20,32H,21-23H2,1-2H3. The number of hydrogen-bond donors (Lipinski definition) is 0. The third kappa shape index (κ3) is 7.56. The van der Waals surface area contributed by atoms with Gasteiger partial charge in [-0.05, 0) is 52.6 Å². The molecule has 1 heterocycles. The fraction of sp³-hybridized carbons (Fsp3) is 0.182. The lowest BCUT2D eigenvalue weighted by atomic mass is 10.0. The van der Waals surface area contributed by atoms with Crippen LogP contribution >= 0.6 is 7.82 Å². The van der Waals surface area contributed by atoms with Crippen LogP contribution in [0, 0.1) is 11.6 Å². The predicted molar refractivity (Wildman–Crippen MR) is 160 cm³/mol. The molecule has 1 aliphatic heterocycles. The van der Waals surface area contributed by atoms with E-state index < -0.39 is 25.5 Å². The highest BCUT2D eigenvalue weighted by atomic mass is 31.2. The summed E-state index contributed by atoms with van der Waals surface area (Å²) in [5, 5.41) is 0. The molecule has 5 rings (SSSR count). The van der Waals surface area contributed by atoms with Crippen molar-refractivity contribution in [1.29, 1.82) is 0 Å². The molecule has 222 valence electrons. The molecule has 2 amide bonds. The van der Waals surface area contributed by atoms with Crippen LogP contribution in [-0.4, -0.2) is 36.5 Å². The molecule has 0 aliphatic carbocycles. The van der Waals surface area contributed by atoms with E-state index in [9.17, 15) is 18.1 Å². The second-order valence-electron chi connectivity index (χ2n) is 10.2. The van der Waals surface area contributed by atoms with E-state index in [-0.39, 0.29) is 37.1 Å². The van der Waals surface area contributed by atoms with Gasteiger partial charge in [-0.15, -0.1) is 0 Å². The lowest BCUT2D eigenvalue weighted by molar-refractivity contribution is 0.143. The fourth-order valence-electron chi connectivity index (χ4n) is 4.68. The van der Waals surface area contributed by atoms with Gasteiger partial charge in [0.2, 0.25) is 0 Å². The lowest BCUT2D eigenvalue weighted by Crippen LogP contribution is -2.39. The van der Waals surface area contributed by atoms with E-state index in [1.807, 2.05) is 60.7 Å². The number of carbonyl (C=O) groups is 1. The molecule has 1 unspecified atom stereocenters. The summed E-state index contributed by atoms with van der Waals surface area (Å²) in [6.45, 7) is 0.0449. The average molecular weight is 605 g/mol. The Morgan fingerprint density at radius 1 is 0.860 bits per heavy atom. The van der Waals surface area contributed by atoms with E-state index in [0.29, 0.717) is 11.1 Å². The number of halogens is 2. The first-order chi connectivity index (χ1) is 20.7. The molecule has 0 saturated heterocycles. The zero-order valence-electron chi connectivity index (χ0n) is 23.7. The normalized spacial score (nSPS) is 14.8. The highest BCUT2D eigenvalue weighted by Gasteiger charge is 2.34. The van der Waals surface area contributed by atoms with Gasteiger partial charge in [0.1, 0.15) is 17.4 Å². The molecule has 7 nitrogen and oxygen atoms in total. The topological polar surface area (TPSA) is 68.3 Å². The molecule has 0 fully saturated rings. The van der Waals surface area contributed by atoms with E-state index >= 15 is 0 Å². The second kappa shape index (κ2) is 13.3. The SMILES string of the molecule is CN(C)C(=O)N1CC(c2cc(F)ccc2F)=CC1c1cccc(OP(=O)(OCc2ccccc2)OCc2ccccc2)c1. The predicted octanol–water partition coefficient (Wildman–Crippen LogP) is 8.01. The Hall–Kier alpha value is -4.30. The Bertz CT molecular complexity index is 1600. The van der Waals surface area contributed by atoms with Gasteiger partial charge in [-0.25, -0.2) is 18.1 Å². The summed E-state index contributed by atoms with van der Waals surface area (Å²) < 4.78 is 60.0. The van der Waals surface area contributed by atoms with E-state index in [0.717, 1.165) is 29.3 Å². The summed E-state index contributed by atoms with van der Waals surface area (Å²) in [5.74, 6) is -0.976. The number of nitrogens with zero attached hydrogens (tertiary/aromatic N) is 2. The number of rotatable bonds is 10. The van der Waals surface area contributed by atoms with E-state index in [1.165, 1.54) is 9.80 Å². The number of amides is 2. The highest BCUT2D eigenvalue weighted by Crippen LogP contribution is 2.51. The quantitative estimate of drug-likeness (QED) is 0.172. The maximum atomic E-state index is 14.7. The summed E-state index contributed by atoms with van der Waals surface area (Å²) in [6, 6.07) is 27.5. The van der Waals surface area contributed by atoms with Crippen molar-refractivity contribution >= 4 is 19.4 Å². The van der Waals surface area contributed by atoms with Crippen LogP contribution in [0.5, 0.6) is 5.75 Å². The maximum Gasteiger partial charge on any atom is 0.530 e. The molecule has 0 N–H and O–H groups in total. The first kappa shape index (κ1) is 30.2. The molecule has 1 aliphatic rings. The third-order valence-electron chi connectivity index (χ3n) is 6.82. The monoisotopic (exact) mass is 604 g/mol. The van der Waals surface area contributed by atoms with Crippen LogP contribution in [-0.2, 0) is 26.8 Å². The highest BCUT2D eigenvalue weighted by molar-refractivity contribution is 7.48. The van der Waals surface area contributed by atoms with Gasteiger partial charge in [0.15, 0.2) is 0 Å². The smallest absolute Gasteiger partial charge is 0.404 e. The van der Waals surface area contributed by atoms with Crippen LogP contribution in [0.1, 0.15) is 28.3 Å². The van der Waals surface area contributed by atoms with Crippen molar-refractivity contribution in [3.05, 3.63) is 143 Å². The molecule has 0 aromatic heterocycles. The van der Waals surface area contributed by atoms with Crippen molar-refractivity contribution in [3.63, 3.8) is 0 Å². The van der Waals surface area contributed by atoms with Crippen molar-refractivity contribution in [3.8, 4) is 5.75 Å². The van der Waals surface area contributed by atoms with E-state index in [2.05, 4.69) is 0 Å². The van der Waals surface area contributed by atoms with Crippen LogP contribution in [0.3, 0.4) is 0 Å². The van der Waals surface area contributed by atoms with Crippen LogP contribution in [0.4, 0.5) is 13.6 Å². The number of phosphoric ester groups is 1. The van der Waals surface area contributed by atoms with Gasteiger partial charge < -0.3 is 14.3 Å². The molecule has 4 aromatic carbocycles. The molecular weight excluding hydrogens is 573 g/mol. The Morgan fingerprint density at radius 3 is 2.09 bits per heavy atom. The molecular formula is C33H31F2N2O5P. The molecule has 0 radical (unpaired) electrons.